The molecule has 1 aliphatic rings. The van der Waals surface area contributed by atoms with Crippen LogP contribution in [0.1, 0.15) is 13.8 Å². The van der Waals surface area contributed by atoms with Crippen LogP contribution in [0.25, 0.3) is 0 Å². The molecule has 1 N–H and O–H groups in total. The molecule has 0 aliphatic carbocycles. The summed E-state index contributed by atoms with van der Waals surface area (Å²) in [5.41, 5.74) is 0.558. The van der Waals surface area contributed by atoms with Gasteiger partial charge in [-0.25, -0.2) is 4.79 Å². The second kappa shape index (κ2) is 5.99. The van der Waals surface area contributed by atoms with E-state index in [1.807, 2.05) is 13.8 Å². The van der Waals surface area contributed by atoms with Crippen LogP contribution in [-0.2, 0) is 4.74 Å². The molecule has 1 aliphatic heterocycles. The average molecular weight is 303 g/mol. The monoisotopic (exact) mass is 302 g/mol. The van der Waals surface area contributed by atoms with Crippen molar-refractivity contribution in [3.63, 3.8) is 0 Å². The van der Waals surface area contributed by atoms with Gasteiger partial charge in [0.1, 0.15) is 0 Å². The lowest BCUT2D eigenvalue weighted by Gasteiger charge is -2.35. The highest BCUT2D eigenvalue weighted by Gasteiger charge is 2.26. The third-order valence-corrected chi connectivity index (χ3v) is 3.43. The van der Waals surface area contributed by atoms with Gasteiger partial charge in [-0.3, -0.25) is 0 Å². The number of hydrogen-bond acceptors (Lipinski definition) is 2. The lowest BCUT2D eigenvalue weighted by molar-refractivity contribution is -0.0530. The number of anilines is 1. The first-order valence-corrected chi connectivity index (χ1v) is 6.87. The molecule has 0 unspecified atom stereocenters. The zero-order valence-corrected chi connectivity index (χ0v) is 12.3. The van der Waals surface area contributed by atoms with Crippen LogP contribution < -0.4 is 5.32 Å². The van der Waals surface area contributed by atoms with Crippen molar-refractivity contribution in [2.45, 2.75) is 26.1 Å². The van der Waals surface area contributed by atoms with Crippen LogP contribution in [0.4, 0.5) is 10.5 Å². The number of carbonyl (C=O) groups excluding carboxylic acids is 1. The number of amides is 2. The molecule has 0 bridgehead atoms. The van der Waals surface area contributed by atoms with E-state index in [9.17, 15) is 4.79 Å². The van der Waals surface area contributed by atoms with Crippen LogP contribution in [-0.4, -0.2) is 36.2 Å². The third kappa shape index (κ3) is 3.75. The zero-order chi connectivity index (χ0) is 14.0. The number of nitrogens with zero attached hydrogens (tertiary/aromatic N) is 1. The zero-order valence-electron chi connectivity index (χ0n) is 10.8. The summed E-state index contributed by atoms with van der Waals surface area (Å²) < 4.78 is 5.59. The molecular weight excluding hydrogens is 287 g/mol. The van der Waals surface area contributed by atoms with Gasteiger partial charge in [0, 0.05) is 18.1 Å². The van der Waals surface area contributed by atoms with E-state index in [-0.39, 0.29) is 18.2 Å². The number of hydrogen-bond donors (Lipinski definition) is 1. The molecule has 1 heterocycles. The van der Waals surface area contributed by atoms with E-state index in [4.69, 9.17) is 27.9 Å². The van der Waals surface area contributed by atoms with E-state index in [1.165, 1.54) is 0 Å². The van der Waals surface area contributed by atoms with Gasteiger partial charge >= 0.3 is 6.03 Å². The number of morpholine rings is 1. The predicted molar refractivity (Wildman–Crippen MR) is 77.1 cm³/mol. The molecule has 6 heteroatoms. The van der Waals surface area contributed by atoms with E-state index in [1.54, 1.807) is 23.1 Å². The second-order valence-corrected chi connectivity index (χ2v) is 5.56. The van der Waals surface area contributed by atoms with Gasteiger partial charge in [0.05, 0.1) is 22.9 Å². The standard InChI is InChI=1S/C13H16Cl2N2O2/c1-8-6-17(7-9(2)19-8)13(18)16-12-4-3-10(14)5-11(12)15/h3-5,8-9H,6-7H2,1-2H3,(H,16,18)/t8-,9+. The van der Waals surface area contributed by atoms with Gasteiger partial charge in [0.2, 0.25) is 0 Å². The fourth-order valence-corrected chi connectivity index (χ4v) is 2.58. The summed E-state index contributed by atoms with van der Waals surface area (Å²) >= 11 is 11.8. The summed E-state index contributed by atoms with van der Waals surface area (Å²) in [6.45, 7) is 5.04. The maximum absolute atomic E-state index is 12.2. The summed E-state index contributed by atoms with van der Waals surface area (Å²) in [7, 11) is 0. The molecule has 1 fully saturated rings. The van der Waals surface area contributed by atoms with Crippen LogP contribution in [0.5, 0.6) is 0 Å². The van der Waals surface area contributed by atoms with Crippen molar-refractivity contribution in [1.29, 1.82) is 0 Å². The first-order chi connectivity index (χ1) is 8.95. The first kappa shape index (κ1) is 14.4. The van der Waals surface area contributed by atoms with E-state index < -0.39 is 0 Å². The van der Waals surface area contributed by atoms with Gasteiger partial charge in [-0.1, -0.05) is 23.2 Å². The quantitative estimate of drug-likeness (QED) is 0.860. The molecule has 2 amide bonds. The summed E-state index contributed by atoms with van der Waals surface area (Å²) in [4.78, 5) is 13.9. The molecule has 104 valence electrons. The van der Waals surface area contributed by atoms with Crippen molar-refractivity contribution >= 4 is 34.9 Å². The van der Waals surface area contributed by atoms with Crippen LogP contribution in [0.2, 0.25) is 10.0 Å². The molecule has 2 atom stereocenters. The minimum atomic E-state index is -0.175. The van der Waals surface area contributed by atoms with Crippen molar-refractivity contribution in [3.8, 4) is 0 Å². The number of halogens is 2. The Morgan fingerprint density at radius 2 is 1.95 bits per heavy atom. The molecule has 0 spiro atoms. The molecule has 0 radical (unpaired) electrons. The largest absolute Gasteiger partial charge is 0.372 e. The van der Waals surface area contributed by atoms with E-state index in [0.29, 0.717) is 28.8 Å². The third-order valence-electron chi connectivity index (χ3n) is 2.88. The van der Waals surface area contributed by atoms with Crippen LogP contribution in [0, 0.1) is 0 Å². The minimum Gasteiger partial charge on any atom is -0.372 e. The predicted octanol–water partition coefficient (Wildman–Crippen LogP) is 3.63. The van der Waals surface area contributed by atoms with Crippen molar-refractivity contribution in [2.24, 2.45) is 0 Å². The van der Waals surface area contributed by atoms with Crippen molar-refractivity contribution < 1.29 is 9.53 Å². The Morgan fingerprint density at radius 3 is 2.53 bits per heavy atom. The average Bonchev–Trinajstić information content (AvgIpc) is 2.31. The molecule has 0 saturated carbocycles. The molecule has 2 rings (SSSR count). The Kier molecular flexibility index (Phi) is 4.55. The number of carbonyl (C=O) groups is 1. The maximum atomic E-state index is 12.2. The number of benzene rings is 1. The van der Waals surface area contributed by atoms with Crippen molar-refractivity contribution in [3.05, 3.63) is 28.2 Å². The van der Waals surface area contributed by atoms with Crippen molar-refractivity contribution in [1.82, 2.24) is 4.90 Å². The minimum absolute atomic E-state index is 0.0372. The van der Waals surface area contributed by atoms with Gasteiger partial charge in [-0.15, -0.1) is 0 Å². The van der Waals surface area contributed by atoms with E-state index in [0.717, 1.165) is 0 Å². The summed E-state index contributed by atoms with van der Waals surface area (Å²) in [5.74, 6) is 0. The maximum Gasteiger partial charge on any atom is 0.322 e. The molecular formula is C13H16Cl2N2O2. The fourth-order valence-electron chi connectivity index (χ4n) is 2.13. The Morgan fingerprint density at radius 1 is 1.32 bits per heavy atom. The molecule has 1 aromatic rings. The lowest BCUT2D eigenvalue weighted by Crippen LogP contribution is -2.49. The Labute approximate surface area is 122 Å². The summed E-state index contributed by atoms with van der Waals surface area (Å²) in [5, 5.41) is 3.75. The topological polar surface area (TPSA) is 41.6 Å². The SMILES string of the molecule is C[C@@H]1CN(C(=O)Nc2ccc(Cl)cc2Cl)C[C@H](C)O1. The van der Waals surface area contributed by atoms with E-state index >= 15 is 0 Å². The number of nitrogens with one attached hydrogen (secondary N) is 1. The first-order valence-electron chi connectivity index (χ1n) is 6.12. The molecule has 1 aromatic carbocycles. The van der Waals surface area contributed by atoms with Crippen molar-refractivity contribution in [2.75, 3.05) is 18.4 Å². The van der Waals surface area contributed by atoms with E-state index in [2.05, 4.69) is 5.32 Å². The molecule has 0 aromatic heterocycles. The second-order valence-electron chi connectivity index (χ2n) is 4.72. The van der Waals surface area contributed by atoms with Gasteiger partial charge in [-0.2, -0.15) is 0 Å². The highest BCUT2D eigenvalue weighted by atomic mass is 35.5. The van der Waals surface area contributed by atoms with Crippen LogP contribution in [0.15, 0.2) is 18.2 Å². The highest BCUT2D eigenvalue weighted by molar-refractivity contribution is 6.36. The van der Waals surface area contributed by atoms with Crippen LogP contribution >= 0.6 is 23.2 Å². The fraction of sp³-hybridized carbons (Fsp3) is 0.462. The Bertz CT molecular complexity index is 472. The van der Waals surface area contributed by atoms with Gasteiger partial charge in [0.25, 0.3) is 0 Å². The number of rotatable bonds is 1. The Hall–Kier alpha value is -0.970. The van der Waals surface area contributed by atoms with Crippen LogP contribution in [0.3, 0.4) is 0 Å². The molecule has 19 heavy (non-hydrogen) atoms. The lowest BCUT2D eigenvalue weighted by atomic mass is 10.2. The highest BCUT2D eigenvalue weighted by Crippen LogP contribution is 2.25. The molecule has 4 nitrogen and oxygen atoms in total. The molecule has 1 saturated heterocycles. The Balaban J connectivity index is 2.04. The van der Waals surface area contributed by atoms with Gasteiger partial charge in [-0.05, 0) is 32.0 Å². The number of ether oxygens (including phenoxy) is 1. The van der Waals surface area contributed by atoms with Gasteiger partial charge < -0.3 is 15.0 Å². The summed E-state index contributed by atoms with van der Waals surface area (Å²) in [6, 6.07) is 4.80. The number of urea groups is 1. The smallest absolute Gasteiger partial charge is 0.322 e. The van der Waals surface area contributed by atoms with Gasteiger partial charge in [0.15, 0.2) is 0 Å². The normalized spacial score (nSPS) is 23.3. The summed E-state index contributed by atoms with van der Waals surface area (Å²) in [6.07, 6.45) is 0.0744.